The van der Waals surface area contributed by atoms with E-state index in [1.165, 1.54) is 6.92 Å². The van der Waals surface area contributed by atoms with Gasteiger partial charge in [-0.15, -0.1) is 0 Å². The van der Waals surface area contributed by atoms with Gasteiger partial charge in [-0.25, -0.2) is 0 Å². The van der Waals surface area contributed by atoms with Crippen LogP contribution in [-0.4, -0.2) is 53.7 Å². The molecular formula is C22H25N3O3. The molecule has 0 atom stereocenters. The molecule has 3 rings (SSSR count). The molecule has 6 nitrogen and oxygen atoms in total. The van der Waals surface area contributed by atoms with E-state index in [9.17, 15) is 14.4 Å². The van der Waals surface area contributed by atoms with Crippen molar-refractivity contribution in [2.24, 2.45) is 0 Å². The number of benzene rings is 2. The lowest BCUT2D eigenvalue weighted by Crippen LogP contribution is -2.50. The van der Waals surface area contributed by atoms with Crippen LogP contribution in [0.1, 0.15) is 38.8 Å². The summed E-state index contributed by atoms with van der Waals surface area (Å²) >= 11 is 0. The number of rotatable bonds is 4. The van der Waals surface area contributed by atoms with Crippen LogP contribution in [0.25, 0.3) is 0 Å². The Morgan fingerprint density at radius 1 is 0.893 bits per heavy atom. The smallest absolute Gasteiger partial charge is 0.253 e. The Balaban J connectivity index is 1.62. The first kappa shape index (κ1) is 19.6. The van der Waals surface area contributed by atoms with E-state index in [0.29, 0.717) is 43.9 Å². The molecule has 6 heteroatoms. The topological polar surface area (TPSA) is 69.7 Å². The SMILES string of the molecule is CC(=O)N1CCN(C(=O)c2cccc(C(=O)NCc3cccc(C)c3)c2)CC1. The second-order valence-electron chi connectivity index (χ2n) is 7.05. The van der Waals surface area contributed by atoms with Gasteiger partial charge in [-0.05, 0) is 30.7 Å². The minimum atomic E-state index is -0.211. The molecule has 0 aromatic heterocycles. The van der Waals surface area contributed by atoms with E-state index < -0.39 is 0 Å². The van der Waals surface area contributed by atoms with Crippen LogP contribution in [0, 0.1) is 6.92 Å². The highest BCUT2D eigenvalue weighted by molar-refractivity contribution is 5.99. The van der Waals surface area contributed by atoms with E-state index in [0.717, 1.165) is 11.1 Å². The van der Waals surface area contributed by atoms with Gasteiger partial charge in [0.15, 0.2) is 0 Å². The monoisotopic (exact) mass is 379 g/mol. The van der Waals surface area contributed by atoms with Crippen molar-refractivity contribution in [3.8, 4) is 0 Å². The number of nitrogens with one attached hydrogen (secondary N) is 1. The van der Waals surface area contributed by atoms with Gasteiger partial charge in [0.1, 0.15) is 0 Å². The molecule has 0 saturated carbocycles. The summed E-state index contributed by atoms with van der Waals surface area (Å²) in [6, 6.07) is 14.7. The van der Waals surface area contributed by atoms with Gasteiger partial charge in [0.2, 0.25) is 5.91 Å². The van der Waals surface area contributed by atoms with Gasteiger partial charge < -0.3 is 15.1 Å². The summed E-state index contributed by atoms with van der Waals surface area (Å²) in [7, 11) is 0. The minimum Gasteiger partial charge on any atom is -0.348 e. The molecule has 3 amide bonds. The van der Waals surface area contributed by atoms with Crippen molar-refractivity contribution in [1.29, 1.82) is 0 Å². The van der Waals surface area contributed by atoms with E-state index in [-0.39, 0.29) is 17.7 Å². The lowest BCUT2D eigenvalue weighted by Gasteiger charge is -2.34. The van der Waals surface area contributed by atoms with Crippen molar-refractivity contribution in [1.82, 2.24) is 15.1 Å². The lowest BCUT2D eigenvalue weighted by atomic mass is 10.1. The second kappa shape index (κ2) is 8.69. The van der Waals surface area contributed by atoms with Crippen LogP contribution < -0.4 is 5.32 Å². The molecule has 0 aliphatic carbocycles. The van der Waals surface area contributed by atoms with E-state index in [2.05, 4.69) is 5.32 Å². The molecule has 1 aliphatic heterocycles. The molecule has 2 aromatic rings. The fraction of sp³-hybridized carbons (Fsp3) is 0.318. The van der Waals surface area contributed by atoms with Crippen LogP contribution in [0.5, 0.6) is 0 Å². The molecule has 2 aromatic carbocycles. The van der Waals surface area contributed by atoms with Crippen molar-refractivity contribution >= 4 is 17.7 Å². The Labute approximate surface area is 165 Å². The lowest BCUT2D eigenvalue weighted by molar-refractivity contribution is -0.130. The van der Waals surface area contributed by atoms with E-state index in [1.807, 2.05) is 31.2 Å². The number of aryl methyl sites for hydroxylation is 1. The summed E-state index contributed by atoms with van der Waals surface area (Å²) in [5, 5.41) is 2.90. The fourth-order valence-electron chi connectivity index (χ4n) is 3.31. The summed E-state index contributed by atoms with van der Waals surface area (Å²) in [5.74, 6) is -0.298. The van der Waals surface area contributed by atoms with Crippen molar-refractivity contribution in [3.05, 3.63) is 70.8 Å². The zero-order valence-electron chi connectivity index (χ0n) is 16.3. The summed E-state index contributed by atoms with van der Waals surface area (Å²) in [5.41, 5.74) is 3.12. The molecule has 0 radical (unpaired) electrons. The first-order valence-corrected chi connectivity index (χ1v) is 9.42. The highest BCUT2D eigenvalue weighted by atomic mass is 16.2. The summed E-state index contributed by atoms with van der Waals surface area (Å²) in [4.78, 5) is 40.1. The van der Waals surface area contributed by atoms with Crippen LogP contribution >= 0.6 is 0 Å². The maximum absolute atomic E-state index is 12.8. The molecule has 0 bridgehead atoms. The Bertz CT molecular complexity index is 886. The van der Waals surface area contributed by atoms with Crippen molar-refractivity contribution < 1.29 is 14.4 Å². The number of amides is 3. The van der Waals surface area contributed by atoms with Crippen molar-refractivity contribution in [2.45, 2.75) is 20.4 Å². The minimum absolute atomic E-state index is 0.0272. The predicted molar refractivity (Wildman–Crippen MR) is 107 cm³/mol. The predicted octanol–water partition coefficient (Wildman–Crippen LogP) is 2.23. The number of piperazine rings is 1. The molecular weight excluding hydrogens is 354 g/mol. The average molecular weight is 379 g/mol. The van der Waals surface area contributed by atoms with Gasteiger partial charge in [0.05, 0.1) is 0 Å². The molecule has 1 fully saturated rings. The fourth-order valence-corrected chi connectivity index (χ4v) is 3.31. The average Bonchev–Trinajstić information content (AvgIpc) is 2.71. The van der Waals surface area contributed by atoms with Gasteiger partial charge in [-0.1, -0.05) is 35.9 Å². The normalized spacial score (nSPS) is 13.9. The summed E-state index contributed by atoms with van der Waals surface area (Å²) < 4.78 is 0. The first-order chi connectivity index (χ1) is 13.4. The molecule has 0 spiro atoms. The molecule has 1 saturated heterocycles. The van der Waals surface area contributed by atoms with Gasteiger partial charge in [0, 0.05) is 50.8 Å². The third-order valence-corrected chi connectivity index (χ3v) is 4.92. The van der Waals surface area contributed by atoms with Crippen LogP contribution in [0.15, 0.2) is 48.5 Å². The van der Waals surface area contributed by atoms with Crippen LogP contribution in [-0.2, 0) is 11.3 Å². The molecule has 1 aliphatic rings. The molecule has 28 heavy (non-hydrogen) atoms. The first-order valence-electron chi connectivity index (χ1n) is 9.42. The number of carbonyl (C=O) groups is 3. The molecule has 146 valence electrons. The zero-order valence-corrected chi connectivity index (χ0v) is 16.3. The zero-order chi connectivity index (χ0) is 20.1. The largest absolute Gasteiger partial charge is 0.348 e. The van der Waals surface area contributed by atoms with Gasteiger partial charge in [-0.2, -0.15) is 0 Å². The van der Waals surface area contributed by atoms with Crippen LogP contribution in [0.3, 0.4) is 0 Å². The van der Waals surface area contributed by atoms with Crippen LogP contribution in [0.4, 0.5) is 0 Å². The third kappa shape index (κ3) is 4.76. The van der Waals surface area contributed by atoms with E-state index >= 15 is 0 Å². The number of hydrogen-bond acceptors (Lipinski definition) is 3. The van der Waals surface area contributed by atoms with Gasteiger partial charge in [0.25, 0.3) is 11.8 Å². The standard InChI is InChI=1S/C22H25N3O3/c1-16-5-3-6-18(13-16)15-23-21(27)19-7-4-8-20(14-19)22(28)25-11-9-24(10-12-25)17(2)26/h3-8,13-14H,9-12,15H2,1-2H3,(H,23,27). The maximum atomic E-state index is 12.8. The van der Waals surface area contributed by atoms with Gasteiger partial charge in [-0.3, -0.25) is 14.4 Å². The Kier molecular flexibility index (Phi) is 6.09. The number of nitrogens with zero attached hydrogens (tertiary/aromatic N) is 2. The number of carbonyl (C=O) groups excluding carboxylic acids is 3. The van der Waals surface area contributed by atoms with Crippen molar-refractivity contribution in [3.63, 3.8) is 0 Å². The highest BCUT2D eigenvalue weighted by Crippen LogP contribution is 2.12. The van der Waals surface area contributed by atoms with E-state index in [1.54, 1.807) is 34.1 Å². The molecule has 1 heterocycles. The quantitative estimate of drug-likeness (QED) is 0.886. The maximum Gasteiger partial charge on any atom is 0.253 e. The Hall–Kier alpha value is -3.15. The number of hydrogen-bond donors (Lipinski definition) is 1. The van der Waals surface area contributed by atoms with Crippen molar-refractivity contribution in [2.75, 3.05) is 26.2 Å². The summed E-state index contributed by atoms with van der Waals surface area (Å²) in [6.07, 6.45) is 0. The third-order valence-electron chi connectivity index (χ3n) is 4.92. The molecule has 0 unspecified atom stereocenters. The second-order valence-corrected chi connectivity index (χ2v) is 7.05. The Morgan fingerprint density at radius 2 is 1.54 bits per heavy atom. The van der Waals surface area contributed by atoms with Crippen LogP contribution in [0.2, 0.25) is 0 Å². The summed E-state index contributed by atoms with van der Waals surface area (Å²) in [6.45, 7) is 6.07. The highest BCUT2D eigenvalue weighted by Gasteiger charge is 2.23. The molecule has 1 N–H and O–H groups in total. The van der Waals surface area contributed by atoms with E-state index in [4.69, 9.17) is 0 Å². The van der Waals surface area contributed by atoms with Gasteiger partial charge >= 0.3 is 0 Å². The Morgan fingerprint density at radius 3 is 2.21 bits per heavy atom.